The SMILES string of the molecule is Cc1cc(CNS(=O)(=O)c2ccccc2CO)sc1C. The van der Waals surface area contributed by atoms with E-state index in [9.17, 15) is 13.5 Å². The molecule has 1 aromatic heterocycles. The molecule has 0 aliphatic rings. The number of hydrogen-bond donors (Lipinski definition) is 2. The summed E-state index contributed by atoms with van der Waals surface area (Å²) in [5, 5.41) is 9.22. The molecule has 0 unspecified atom stereocenters. The smallest absolute Gasteiger partial charge is 0.241 e. The molecule has 0 radical (unpaired) electrons. The second-order valence-corrected chi connectivity index (χ2v) is 7.62. The van der Waals surface area contributed by atoms with Gasteiger partial charge in [-0.1, -0.05) is 18.2 Å². The summed E-state index contributed by atoms with van der Waals surface area (Å²) in [6.07, 6.45) is 0. The number of benzene rings is 1. The van der Waals surface area contributed by atoms with Crippen LogP contribution in [0.3, 0.4) is 0 Å². The van der Waals surface area contributed by atoms with Gasteiger partial charge in [0.1, 0.15) is 0 Å². The summed E-state index contributed by atoms with van der Waals surface area (Å²) in [5.41, 5.74) is 1.57. The van der Waals surface area contributed by atoms with Crippen molar-refractivity contribution >= 4 is 21.4 Å². The summed E-state index contributed by atoms with van der Waals surface area (Å²) < 4.78 is 27.1. The minimum absolute atomic E-state index is 0.132. The van der Waals surface area contributed by atoms with Gasteiger partial charge in [0, 0.05) is 16.3 Å². The van der Waals surface area contributed by atoms with Crippen molar-refractivity contribution in [1.29, 1.82) is 0 Å². The maximum atomic E-state index is 12.3. The molecule has 0 spiro atoms. The molecule has 0 atom stereocenters. The minimum atomic E-state index is -3.61. The number of thiophene rings is 1. The van der Waals surface area contributed by atoms with Gasteiger partial charge in [0.2, 0.25) is 10.0 Å². The number of aryl methyl sites for hydroxylation is 2. The average Bonchev–Trinajstić information content (AvgIpc) is 2.76. The predicted octanol–water partition coefficient (Wildman–Crippen LogP) is 2.34. The first-order chi connectivity index (χ1) is 9.44. The van der Waals surface area contributed by atoms with Crippen molar-refractivity contribution in [1.82, 2.24) is 4.72 Å². The fourth-order valence-electron chi connectivity index (χ4n) is 1.88. The van der Waals surface area contributed by atoms with Crippen LogP contribution in [-0.2, 0) is 23.2 Å². The van der Waals surface area contributed by atoms with Crippen LogP contribution in [-0.4, -0.2) is 13.5 Å². The van der Waals surface area contributed by atoms with Crippen LogP contribution in [0, 0.1) is 13.8 Å². The van der Waals surface area contributed by atoms with Crippen molar-refractivity contribution in [2.45, 2.75) is 31.9 Å². The molecule has 0 fully saturated rings. The highest BCUT2D eigenvalue weighted by molar-refractivity contribution is 7.89. The normalized spacial score (nSPS) is 11.8. The number of aliphatic hydroxyl groups is 1. The highest BCUT2D eigenvalue weighted by Crippen LogP contribution is 2.21. The molecule has 0 amide bonds. The Kier molecular flexibility index (Phi) is 4.59. The van der Waals surface area contributed by atoms with Crippen LogP contribution in [0.5, 0.6) is 0 Å². The lowest BCUT2D eigenvalue weighted by Gasteiger charge is -2.09. The average molecular weight is 311 g/mol. The molecule has 0 bridgehead atoms. The van der Waals surface area contributed by atoms with E-state index in [4.69, 9.17) is 0 Å². The van der Waals surface area contributed by atoms with E-state index in [-0.39, 0.29) is 18.0 Å². The van der Waals surface area contributed by atoms with Crippen LogP contribution in [0.1, 0.15) is 20.9 Å². The molecular formula is C14H17NO3S2. The molecule has 0 saturated heterocycles. The van der Waals surface area contributed by atoms with Gasteiger partial charge in [-0.3, -0.25) is 0 Å². The summed E-state index contributed by atoms with van der Waals surface area (Å²) in [7, 11) is -3.61. The van der Waals surface area contributed by atoms with Crippen LogP contribution in [0.2, 0.25) is 0 Å². The molecule has 0 saturated carbocycles. The molecule has 0 aliphatic heterocycles. The van der Waals surface area contributed by atoms with Crippen LogP contribution in [0.15, 0.2) is 35.2 Å². The highest BCUT2D eigenvalue weighted by Gasteiger charge is 2.17. The molecular weight excluding hydrogens is 294 g/mol. The van der Waals surface area contributed by atoms with Gasteiger partial charge < -0.3 is 5.11 Å². The molecule has 2 rings (SSSR count). The fraction of sp³-hybridized carbons (Fsp3) is 0.286. The second-order valence-electron chi connectivity index (χ2n) is 4.54. The van der Waals surface area contributed by atoms with E-state index in [0.29, 0.717) is 5.56 Å². The van der Waals surface area contributed by atoms with E-state index in [1.165, 1.54) is 16.5 Å². The van der Waals surface area contributed by atoms with Gasteiger partial charge in [-0.15, -0.1) is 11.3 Å². The first-order valence-corrected chi connectivity index (χ1v) is 8.48. The summed E-state index contributed by atoms with van der Waals surface area (Å²) in [4.78, 5) is 2.30. The van der Waals surface area contributed by atoms with Crippen LogP contribution >= 0.6 is 11.3 Å². The topological polar surface area (TPSA) is 66.4 Å². The zero-order chi connectivity index (χ0) is 14.8. The van der Waals surface area contributed by atoms with Crippen molar-refractivity contribution in [2.24, 2.45) is 0 Å². The van der Waals surface area contributed by atoms with E-state index in [2.05, 4.69) is 4.72 Å². The van der Waals surface area contributed by atoms with Gasteiger partial charge in [0.25, 0.3) is 0 Å². The standard InChI is InChI=1S/C14H17NO3S2/c1-10-7-13(19-11(10)2)8-15-20(17,18)14-6-4-3-5-12(14)9-16/h3-7,15-16H,8-9H2,1-2H3. The molecule has 0 aliphatic carbocycles. The third-order valence-electron chi connectivity index (χ3n) is 3.09. The summed E-state index contributed by atoms with van der Waals surface area (Å²) in [6, 6.07) is 8.44. The lowest BCUT2D eigenvalue weighted by molar-refractivity contribution is 0.278. The Bertz CT molecular complexity index is 685. The first-order valence-electron chi connectivity index (χ1n) is 6.18. The second kappa shape index (κ2) is 6.05. The van der Waals surface area contributed by atoms with Gasteiger partial charge in [-0.05, 0) is 37.1 Å². The Balaban J connectivity index is 2.19. The van der Waals surface area contributed by atoms with Gasteiger partial charge in [-0.25, -0.2) is 13.1 Å². The molecule has 108 valence electrons. The lowest BCUT2D eigenvalue weighted by atomic mass is 10.2. The molecule has 20 heavy (non-hydrogen) atoms. The summed E-state index contributed by atoms with van der Waals surface area (Å²) in [5.74, 6) is 0. The van der Waals surface area contributed by atoms with E-state index in [0.717, 1.165) is 4.88 Å². The Hall–Kier alpha value is -1.21. The van der Waals surface area contributed by atoms with Gasteiger partial charge in [0.05, 0.1) is 11.5 Å². The van der Waals surface area contributed by atoms with E-state index in [1.54, 1.807) is 29.5 Å². The minimum Gasteiger partial charge on any atom is -0.392 e. The largest absolute Gasteiger partial charge is 0.392 e. The van der Waals surface area contributed by atoms with E-state index in [1.807, 2.05) is 19.9 Å². The van der Waals surface area contributed by atoms with E-state index >= 15 is 0 Å². The molecule has 1 aromatic carbocycles. The quantitative estimate of drug-likeness (QED) is 0.890. The molecule has 2 aromatic rings. The number of rotatable bonds is 5. The van der Waals surface area contributed by atoms with Crippen molar-refractivity contribution in [3.63, 3.8) is 0 Å². The number of aliphatic hydroxyl groups excluding tert-OH is 1. The van der Waals surface area contributed by atoms with Crippen molar-refractivity contribution in [2.75, 3.05) is 0 Å². The first kappa shape index (κ1) is 15.2. The third-order valence-corrected chi connectivity index (χ3v) is 5.74. The van der Waals surface area contributed by atoms with Crippen molar-refractivity contribution < 1.29 is 13.5 Å². The highest BCUT2D eigenvalue weighted by atomic mass is 32.2. The van der Waals surface area contributed by atoms with Crippen LogP contribution < -0.4 is 4.72 Å². The van der Waals surface area contributed by atoms with Crippen molar-refractivity contribution in [3.05, 3.63) is 51.2 Å². The van der Waals surface area contributed by atoms with Gasteiger partial charge in [-0.2, -0.15) is 0 Å². The Morgan fingerprint density at radius 3 is 2.55 bits per heavy atom. The summed E-state index contributed by atoms with van der Waals surface area (Å²) >= 11 is 1.58. The van der Waals surface area contributed by atoms with Crippen LogP contribution in [0.4, 0.5) is 0 Å². The van der Waals surface area contributed by atoms with Crippen molar-refractivity contribution in [3.8, 4) is 0 Å². The molecule has 6 heteroatoms. The third kappa shape index (κ3) is 3.27. The fourth-order valence-corrected chi connectivity index (χ4v) is 4.20. The van der Waals surface area contributed by atoms with Gasteiger partial charge >= 0.3 is 0 Å². The van der Waals surface area contributed by atoms with Crippen LogP contribution in [0.25, 0.3) is 0 Å². The zero-order valence-corrected chi connectivity index (χ0v) is 13.0. The maximum Gasteiger partial charge on any atom is 0.241 e. The number of nitrogens with one attached hydrogen (secondary N) is 1. The van der Waals surface area contributed by atoms with E-state index < -0.39 is 10.0 Å². The lowest BCUT2D eigenvalue weighted by Crippen LogP contribution is -2.24. The maximum absolute atomic E-state index is 12.3. The number of sulfonamides is 1. The molecule has 2 N–H and O–H groups in total. The van der Waals surface area contributed by atoms with Gasteiger partial charge in [0.15, 0.2) is 0 Å². The summed E-state index contributed by atoms with van der Waals surface area (Å²) in [6.45, 7) is 3.99. The Morgan fingerprint density at radius 2 is 1.95 bits per heavy atom. The zero-order valence-electron chi connectivity index (χ0n) is 11.4. The monoisotopic (exact) mass is 311 g/mol. The molecule has 4 nitrogen and oxygen atoms in total. The predicted molar refractivity (Wildman–Crippen MR) is 80.2 cm³/mol. The number of hydrogen-bond acceptors (Lipinski definition) is 4. The Morgan fingerprint density at radius 1 is 1.25 bits per heavy atom. The Labute approximate surface area is 123 Å². The molecule has 1 heterocycles.